The Morgan fingerprint density at radius 1 is 1.41 bits per heavy atom. The summed E-state index contributed by atoms with van der Waals surface area (Å²) < 4.78 is 0. The van der Waals surface area contributed by atoms with E-state index in [1.54, 1.807) is 4.90 Å². The number of likely N-dealkylation sites (tertiary alicyclic amines) is 1. The number of carbonyl (C=O) groups is 2. The number of amides is 1. The quantitative estimate of drug-likeness (QED) is 0.755. The summed E-state index contributed by atoms with van der Waals surface area (Å²) in [5.74, 6) is -0.789. The van der Waals surface area contributed by atoms with Gasteiger partial charge >= 0.3 is 5.97 Å². The van der Waals surface area contributed by atoms with Crippen molar-refractivity contribution in [2.24, 2.45) is 11.8 Å². The van der Waals surface area contributed by atoms with E-state index >= 15 is 0 Å². The predicted octanol–water partition coefficient (Wildman–Crippen LogP) is 0.554. The van der Waals surface area contributed by atoms with E-state index in [1.165, 1.54) is 6.92 Å². The number of carboxylic acid groups (broad SMARTS) is 1. The van der Waals surface area contributed by atoms with E-state index in [0.717, 1.165) is 6.54 Å². The normalized spacial score (nSPS) is 25.1. The molecule has 1 aliphatic heterocycles. The molecule has 98 valence electrons. The van der Waals surface area contributed by atoms with Crippen LogP contribution in [0.1, 0.15) is 27.2 Å². The van der Waals surface area contributed by atoms with Crippen molar-refractivity contribution in [3.63, 3.8) is 0 Å². The highest BCUT2D eigenvalue weighted by atomic mass is 16.4. The molecule has 1 rings (SSSR count). The average Bonchev–Trinajstić information content (AvgIpc) is 2.25. The third kappa shape index (κ3) is 4.34. The second-order valence-corrected chi connectivity index (χ2v) is 5.19. The monoisotopic (exact) mass is 242 g/mol. The first kappa shape index (κ1) is 14.0. The van der Waals surface area contributed by atoms with E-state index in [-0.39, 0.29) is 11.9 Å². The van der Waals surface area contributed by atoms with Crippen LogP contribution in [0.3, 0.4) is 0 Å². The van der Waals surface area contributed by atoms with Gasteiger partial charge in [-0.3, -0.25) is 9.59 Å². The third-order valence-electron chi connectivity index (χ3n) is 3.06. The molecule has 5 nitrogen and oxygen atoms in total. The molecule has 1 saturated heterocycles. The maximum absolute atomic E-state index is 11.4. The maximum Gasteiger partial charge on any atom is 0.308 e. The van der Waals surface area contributed by atoms with Crippen LogP contribution in [0, 0.1) is 11.8 Å². The van der Waals surface area contributed by atoms with Gasteiger partial charge in [0.25, 0.3) is 0 Å². The van der Waals surface area contributed by atoms with Gasteiger partial charge in [0.15, 0.2) is 0 Å². The highest BCUT2D eigenvalue weighted by Gasteiger charge is 2.32. The van der Waals surface area contributed by atoms with Gasteiger partial charge in [-0.05, 0) is 18.9 Å². The van der Waals surface area contributed by atoms with Crippen molar-refractivity contribution in [3.05, 3.63) is 0 Å². The zero-order valence-electron chi connectivity index (χ0n) is 10.8. The SMILES string of the molecule is CC(=O)N1CC(NCC(C)C)CC(C(=O)O)C1. The largest absolute Gasteiger partial charge is 0.481 e. The van der Waals surface area contributed by atoms with Crippen LogP contribution in [0.2, 0.25) is 0 Å². The van der Waals surface area contributed by atoms with Crippen molar-refractivity contribution >= 4 is 11.9 Å². The second-order valence-electron chi connectivity index (χ2n) is 5.19. The molecule has 17 heavy (non-hydrogen) atoms. The van der Waals surface area contributed by atoms with Crippen LogP contribution in [0.4, 0.5) is 0 Å². The lowest BCUT2D eigenvalue weighted by molar-refractivity contribution is -0.145. The number of nitrogens with one attached hydrogen (secondary N) is 1. The Hall–Kier alpha value is -1.10. The molecular formula is C12H22N2O3. The molecule has 1 aliphatic rings. The van der Waals surface area contributed by atoms with Gasteiger partial charge in [0, 0.05) is 26.1 Å². The summed E-state index contributed by atoms with van der Waals surface area (Å²) in [4.78, 5) is 24.0. The lowest BCUT2D eigenvalue weighted by atomic mass is 9.94. The minimum atomic E-state index is -0.813. The van der Waals surface area contributed by atoms with Crippen molar-refractivity contribution in [2.75, 3.05) is 19.6 Å². The molecule has 1 fully saturated rings. The fraction of sp³-hybridized carbons (Fsp3) is 0.833. The number of carbonyl (C=O) groups excluding carboxylic acids is 1. The summed E-state index contributed by atoms with van der Waals surface area (Å²) in [5, 5.41) is 12.4. The zero-order chi connectivity index (χ0) is 13.0. The van der Waals surface area contributed by atoms with Gasteiger partial charge in [0.2, 0.25) is 5.91 Å². The first-order chi connectivity index (χ1) is 7.90. The van der Waals surface area contributed by atoms with Crippen LogP contribution in [0.15, 0.2) is 0 Å². The predicted molar refractivity (Wildman–Crippen MR) is 64.6 cm³/mol. The molecular weight excluding hydrogens is 220 g/mol. The summed E-state index contributed by atoms with van der Waals surface area (Å²) in [6.07, 6.45) is 0.603. The van der Waals surface area contributed by atoms with Crippen LogP contribution < -0.4 is 5.32 Å². The lowest BCUT2D eigenvalue weighted by Crippen LogP contribution is -2.52. The van der Waals surface area contributed by atoms with E-state index < -0.39 is 11.9 Å². The molecule has 2 atom stereocenters. The molecule has 0 spiro atoms. The first-order valence-corrected chi connectivity index (χ1v) is 6.11. The molecule has 1 amide bonds. The zero-order valence-corrected chi connectivity index (χ0v) is 10.8. The molecule has 0 aromatic carbocycles. The fourth-order valence-electron chi connectivity index (χ4n) is 2.09. The Kier molecular flexibility index (Phi) is 4.93. The van der Waals surface area contributed by atoms with Crippen LogP contribution in [0.5, 0.6) is 0 Å². The molecule has 0 aromatic heterocycles. The maximum atomic E-state index is 11.4. The van der Waals surface area contributed by atoms with E-state index in [4.69, 9.17) is 5.11 Å². The van der Waals surface area contributed by atoms with Gasteiger partial charge < -0.3 is 15.3 Å². The topological polar surface area (TPSA) is 69.6 Å². The van der Waals surface area contributed by atoms with Crippen LogP contribution >= 0.6 is 0 Å². The van der Waals surface area contributed by atoms with Gasteiger partial charge in [-0.25, -0.2) is 0 Å². The van der Waals surface area contributed by atoms with Gasteiger partial charge in [-0.2, -0.15) is 0 Å². The van der Waals surface area contributed by atoms with Gasteiger partial charge in [-0.15, -0.1) is 0 Å². The fourth-order valence-corrected chi connectivity index (χ4v) is 2.09. The molecule has 2 unspecified atom stereocenters. The van der Waals surface area contributed by atoms with Crippen molar-refractivity contribution in [1.29, 1.82) is 0 Å². The number of carboxylic acids is 1. The Morgan fingerprint density at radius 2 is 2.06 bits per heavy atom. The summed E-state index contributed by atoms with van der Waals surface area (Å²) >= 11 is 0. The number of hydrogen-bond acceptors (Lipinski definition) is 3. The van der Waals surface area contributed by atoms with E-state index in [0.29, 0.717) is 25.4 Å². The van der Waals surface area contributed by atoms with Gasteiger partial charge in [0.05, 0.1) is 5.92 Å². The van der Waals surface area contributed by atoms with Gasteiger partial charge in [0.1, 0.15) is 0 Å². The highest BCUT2D eigenvalue weighted by molar-refractivity contribution is 5.76. The van der Waals surface area contributed by atoms with Crippen LogP contribution in [-0.4, -0.2) is 47.6 Å². The number of aliphatic carboxylic acids is 1. The van der Waals surface area contributed by atoms with Crippen molar-refractivity contribution in [3.8, 4) is 0 Å². The minimum absolute atomic E-state index is 0.0488. The van der Waals surface area contributed by atoms with Crippen molar-refractivity contribution < 1.29 is 14.7 Å². The van der Waals surface area contributed by atoms with E-state index in [1.807, 2.05) is 0 Å². The molecule has 0 aromatic rings. The number of nitrogens with zero attached hydrogens (tertiary/aromatic N) is 1. The summed E-state index contributed by atoms with van der Waals surface area (Å²) in [7, 11) is 0. The standard InChI is InChI=1S/C12H22N2O3/c1-8(2)5-13-11-4-10(12(16)17)6-14(7-11)9(3)15/h8,10-11,13H,4-7H2,1-3H3,(H,16,17). The highest BCUT2D eigenvalue weighted by Crippen LogP contribution is 2.17. The lowest BCUT2D eigenvalue weighted by Gasteiger charge is -2.36. The molecule has 0 radical (unpaired) electrons. The average molecular weight is 242 g/mol. The van der Waals surface area contributed by atoms with Gasteiger partial charge in [-0.1, -0.05) is 13.8 Å². The van der Waals surface area contributed by atoms with Crippen LogP contribution in [0.25, 0.3) is 0 Å². The molecule has 0 saturated carbocycles. The Labute approximate surface area is 102 Å². The summed E-state index contributed by atoms with van der Waals surface area (Å²) in [6, 6.07) is 0.0937. The Bertz CT molecular complexity index is 269. The molecule has 1 heterocycles. The smallest absolute Gasteiger partial charge is 0.308 e. The molecule has 2 N–H and O–H groups in total. The molecule has 5 heteroatoms. The molecule has 0 aliphatic carbocycles. The van der Waals surface area contributed by atoms with E-state index in [2.05, 4.69) is 19.2 Å². The Balaban J connectivity index is 2.58. The molecule has 0 bridgehead atoms. The number of piperidine rings is 1. The third-order valence-corrected chi connectivity index (χ3v) is 3.06. The van der Waals surface area contributed by atoms with Crippen molar-refractivity contribution in [2.45, 2.75) is 33.2 Å². The van der Waals surface area contributed by atoms with Crippen molar-refractivity contribution in [1.82, 2.24) is 10.2 Å². The van der Waals surface area contributed by atoms with Crippen LogP contribution in [-0.2, 0) is 9.59 Å². The first-order valence-electron chi connectivity index (χ1n) is 6.11. The Morgan fingerprint density at radius 3 is 2.53 bits per heavy atom. The second kappa shape index (κ2) is 6.00. The van der Waals surface area contributed by atoms with E-state index in [9.17, 15) is 9.59 Å². The number of hydrogen-bond donors (Lipinski definition) is 2. The number of rotatable bonds is 4. The summed E-state index contributed by atoms with van der Waals surface area (Å²) in [6.45, 7) is 7.50. The minimum Gasteiger partial charge on any atom is -0.481 e. The summed E-state index contributed by atoms with van der Waals surface area (Å²) in [5.41, 5.74) is 0.